The van der Waals surface area contributed by atoms with E-state index in [1.807, 2.05) is 12.2 Å². The van der Waals surface area contributed by atoms with Crippen LogP contribution in [-0.2, 0) is 36.2 Å². The molecule has 2 atom stereocenters. The quantitative estimate of drug-likeness (QED) is 0.505. The maximum absolute atomic E-state index is 10.2. The fourth-order valence-corrected chi connectivity index (χ4v) is 4.27. The fourth-order valence-electron chi connectivity index (χ4n) is 0.527. The summed E-state index contributed by atoms with van der Waals surface area (Å²) in [5, 5.41) is 3.43. The summed E-state index contributed by atoms with van der Waals surface area (Å²) < 4.78 is 20.5. The molecule has 0 bridgehead atoms. The van der Waals surface area contributed by atoms with Crippen LogP contribution in [0, 0.1) is 0 Å². The van der Waals surface area contributed by atoms with E-state index in [1.165, 1.54) is 21.6 Å². The first kappa shape index (κ1) is 14.0. The molecular formula is C6H8NiO2S4. The van der Waals surface area contributed by atoms with Gasteiger partial charge in [0.2, 0.25) is 0 Å². The van der Waals surface area contributed by atoms with E-state index in [1.54, 1.807) is 10.8 Å². The zero-order chi connectivity index (χ0) is 8.81. The Balaban J connectivity index is 0.000000206. The molecule has 2 nitrogen and oxygen atoms in total. The second kappa shape index (κ2) is 8.30. The molecule has 0 fully saturated rings. The molecule has 0 amide bonds. The van der Waals surface area contributed by atoms with E-state index in [4.69, 9.17) is 0 Å². The van der Waals surface area contributed by atoms with Gasteiger partial charge in [0.25, 0.3) is 0 Å². The van der Waals surface area contributed by atoms with Crippen molar-refractivity contribution in [2.45, 2.75) is 0 Å². The maximum Gasteiger partial charge on any atom is 0.105 e. The monoisotopic (exact) mass is 298 g/mol. The molecule has 0 aliphatic carbocycles. The summed E-state index contributed by atoms with van der Waals surface area (Å²) in [4.78, 5) is 0. The number of hydrogen-bond donors (Lipinski definition) is 0. The van der Waals surface area contributed by atoms with Gasteiger partial charge in [-0.2, -0.15) is 0 Å². The van der Waals surface area contributed by atoms with Crippen LogP contribution in [0.4, 0.5) is 0 Å². The van der Waals surface area contributed by atoms with Gasteiger partial charge in [0.15, 0.2) is 0 Å². The fraction of sp³-hybridized carbons (Fsp3) is 0.333. The summed E-state index contributed by atoms with van der Waals surface area (Å²) in [6.07, 6.45) is 3.83. The first-order valence-electron chi connectivity index (χ1n) is 3.20. The summed E-state index contributed by atoms with van der Waals surface area (Å²) in [6.45, 7) is 0. The molecule has 13 heavy (non-hydrogen) atoms. The van der Waals surface area contributed by atoms with Crippen molar-refractivity contribution in [2.24, 2.45) is 0 Å². The summed E-state index contributed by atoms with van der Waals surface area (Å²) in [6, 6.07) is 0. The third kappa shape index (κ3) is 6.97. The number of hydrogen-bond acceptors (Lipinski definition) is 4. The van der Waals surface area contributed by atoms with Crippen LogP contribution in [0.3, 0.4) is 0 Å². The average Bonchev–Trinajstić information content (AvgIpc) is 2.63. The van der Waals surface area contributed by atoms with Gasteiger partial charge in [-0.3, -0.25) is 0 Å². The zero-order valence-corrected chi connectivity index (χ0v) is 10.7. The smallest absolute Gasteiger partial charge is 0.105 e. The zero-order valence-electron chi connectivity index (χ0n) is 6.49. The normalized spacial score (nSPS) is 29.2. The van der Waals surface area contributed by atoms with Crippen LogP contribution in [0.2, 0.25) is 0 Å². The van der Waals surface area contributed by atoms with Gasteiger partial charge in [-0.25, -0.2) is 8.42 Å². The predicted molar refractivity (Wildman–Crippen MR) is 59.5 cm³/mol. The SMILES string of the molecule is O=S1C=CCS1.O=S1C=CCS1.[Ni]. The first-order chi connectivity index (χ1) is 5.79. The van der Waals surface area contributed by atoms with Crippen LogP contribution in [0.15, 0.2) is 23.0 Å². The van der Waals surface area contributed by atoms with Gasteiger partial charge in [0.1, 0.15) is 19.7 Å². The van der Waals surface area contributed by atoms with Crippen molar-refractivity contribution in [3.05, 3.63) is 23.0 Å². The Morgan fingerprint density at radius 1 is 0.923 bits per heavy atom. The molecule has 0 aromatic carbocycles. The molecule has 2 aliphatic heterocycles. The van der Waals surface area contributed by atoms with E-state index in [0.717, 1.165) is 11.5 Å². The summed E-state index contributed by atoms with van der Waals surface area (Å²) in [5.74, 6) is 1.85. The molecule has 0 saturated carbocycles. The van der Waals surface area contributed by atoms with Crippen molar-refractivity contribution < 1.29 is 24.9 Å². The van der Waals surface area contributed by atoms with Crippen LogP contribution < -0.4 is 0 Å². The minimum absolute atomic E-state index is 0. The van der Waals surface area contributed by atoms with Gasteiger partial charge in [-0.15, -0.1) is 0 Å². The van der Waals surface area contributed by atoms with Crippen molar-refractivity contribution in [1.29, 1.82) is 0 Å². The predicted octanol–water partition coefficient (Wildman–Crippen LogP) is 1.82. The summed E-state index contributed by atoms with van der Waals surface area (Å²) in [7, 11) is 1.54. The number of rotatable bonds is 0. The Bertz CT molecular complexity index is 225. The summed E-state index contributed by atoms with van der Waals surface area (Å²) in [5.41, 5.74) is 0. The Kier molecular flexibility index (Phi) is 8.92. The molecule has 2 heterocycles. The molecule has 7 heteroatoms. The minimum atomic E-state index is -0.687. The molecule has 0 aromatic rings. The van der Waals surface area contributed by atoms with E-state index in [0.29, 0.717) is 0 Å². The molecule has 0 saturated heterocycles. The Labute approximate surface area is 100 Å². The van der Waals surface area contributed by atoms with Gasteiger partial charge in [0.05, 0.1) is 0 Å². The van der Waals surface area contributed by atoms with Gasteiger partial charge in [-0.1, -0.05) is 33.7 Å². The van der Waals surface area contributed by atoms with Crippen molar-refractivity contribution in [3.63, 3.8) is 0 Å². The largest absolute Gasteiger partial charge is 0.243 e. The van der Waals surface area contributed by atoms with Crippen molar-refractivity contribution in [1.82, 2.24) is 0 Å². The van der Waals surface area contributed by atoms with Crippen molar-refractivity contribution in [3.8, 4) is 0 Å². The van der Waals surface area contributed by atoms with E-state index in [2.05, 4.69) is 0 Å². The Hall–Kier alpha value is 0.974. The maximum atomic E-state index is 10.2. The molecule has 2 rings (SSSR count). The van der Waals surface area contributed by atoms with E-state index in [-0.39, 0.29) is 16.5 Å². The first-order valence-corrected chi connectivity index (χ1v) is 8.63. The van der Waals surface area contributed by atoms with Crippen molar-refractivity contribution >= 4 is 41.3 Å². The third-order valence-electron chi connectivity index (χ3n) is 0.976. The van der Waals surface area contributed by atoms with Crippen LogP contribution >= 0.6 is 21.6 Å². The Morgan fingerprint density at radius 2 is 1.31 bits per heavy atom. The van der Waals surface area contributed by atoms with Crippen LogP contribution in [0.5, 0.6) is 0 Å². The molecular weight excluding hydrogens is 291 g/mol. The van der Waals surface area contributed by atoms with Crippen molar-refractivity contribution in [2.75, 3.05) is 11.5 Å². The Morgan fingerprint density at radius 3 is 1.38 bits per heavy atom. The van der Waals surface area contributed by atoms with Gasteiger partial charge >= 0.3 is 0 Å². The van der Waals surface area contributed by atoms with Gasteiger partial charge in [0, 0.05) is 38.8 Å². The van der Waals surface area contributed by atoms with E-state index < -0.39 is 19.7 Å². The van der Waals surface area contributed by atoms with Gasteiger partial charge in [-0.05, 0) is 0 Å². The molecule has 0 radical (unpaired) electrons. The molecule has 2 unspecified atom stereocenters. The standard InChI is InChI=1S/2C3H4OS2.Ni/c2*4-6-3-1-2-5-6;/h2*1,3H,2H2;. The van der Waals surface area contributed by atoms with Crippen LogP contribution in [0.1, 0.15) is 0 Å². The van der Waals surface area contributed by atoms with E-state index >= 15 is 0 Å². The molecule has 78 valence electrons. The minimum Gasteiger partial charge on any atom is -0.243 e. The second-order valence-electron chi connectivity index (χ2n) is 1.83. The third-order valence-corrected chi connectivity index (χ3v) is 5.80. The summed E-state index contributed by atoms with van der Waals surface area (Å²) >= 11 is 0. The average molecular weight is 299 g/mol. The van der Waals surface area contributed by atoms with Crippen LogP contribution in [0.25, 0.3) is 0 Å². The van der Waals surface area contributed by atoms with Gasteiger partial charge < -0.3 is 0 Å². The molecule has 0 aromatic heterocycles. The second-order valence-corrected chi connectivity index (χ2v) is 7.94. The molecule has 2 aliphatic rings. The molecule has 0 N–H and O–H groups in total. The molecule has 0 spiro atoms. The van der Waals surface area contributed by atoms with E-state index in [9.17, 15) is 8.42 Å². The topological polar surface area (TPSA) is 34.1 Å². The van der Waals surface area contributed by atoms with Crippen LogP contribution in [-0.4, -0.2) is 19.9 Å².